The van der Waals surface area contributed by atoms with Crippen LogP contribution in [0.25, 0.3) is 0 Å². The van der Waals surface area contributed by atoms with Gasteiger partial charge >= 0.3 is 0 Å². The van der Waals surface area contributed by atoms with Crippen molar-refractivity contribution in [2.75, 3.05) is 10.8 Å². The smallest absolute Gasteiger partial charge is 0.264 e. The number of anilines is 1. The molecule has 0 aromatic heterocycles. The highest BCUT2D eigenvalue weighted by Gasteiger charge is 2.34. The molecule has 224 valence electrons. The van der Waals surface area contributed by atoms with Crippen LogP contribution in [-0.2, 0) is 26.2 Å². The molecule has 9 heteroatoms. The molecule has 4 rings (SSSR count). The molecule has 1 aliphatic rings. The molecule has 0 heterocycles. The molecule has 0 spiro atoms. The predicted molar refractivity (Wildman–Crippen MR) is 168 cm³/mol. The fraction of sp³-hybridized carbons (Fsp3) is 0.394. The van der Waals surface area contributed by atoms with Crippen molar-refractivity contribution in [3.8, 4) is 0 Å². The molecule has 1 saturated carbocycles. The number of carbonyl (C=O) groups is 2. The van der Waals surface area contributed by atoms with E-state index in [4.69, 9.17) is 11.6 Å². The van der Waals surface area contributed by atoms with Gasteiger partial charge in [0.2, 0.25) is 11.8 Å². The van der Waals surface area contributed by atoms with Crippen LogP contribution in [0.3, 0.4) is 0 Å². The highest BCUT2D eigenvalue weighted by Crippen LogP contribution is 2.29. The zero-order chi connectivity index (χ0) is 30.4. The lowest BCUT2D eigenvalue weighted by Gasteiger charge is -2.33. The van der Waals surface area contributed by atoms with E-state index in [-0.39, 0.29) is 23.4 Å². The lowest BCUT2D eigenvalue weighted by atomic mass is 9.95. The second kappa shape index (κ2) is 13.7. The number of rotatable bonds is 10. The maximum absolute atomic E-state index is 14.2. The van der Waals surface area contributed by atoms with Crippen molar-refractivity contribution in [1.82, 2.24) is 10.2 Å². The molecule has 3 aromatic rings. The Labute approximate surface area is 254 Å². The fourth-order valence-electron chi connectivity index (χ4n) is 5.29. The van der Waals surface area contributed by atoms with E-state index in [1.165, 1.54) is 9.21 Å². The molecular weight excluding hydrogens is 570 g/mol. The number of sulfonamides is 1. The summed E-state index contributed by atoms with van der Waals surface area (Å²) in [5.74, 6) is -0.725. The Balaban J connectivity index is 1.70. The molecule has 0 aliphatic heterocycles. The third-order valence-electron chi connectivity index (χ3n) is 8.12. The van der Waals surface area contributed by atoms with Crippen molar-refractivity contribution in [3.63, 3.8) is 0 Å². The van der Waals surface area contributed by atoms with Crippen molar-refractivity contribution in [2.45, 2.75) is 83.3 Å². The molecule has 1 aliphatic carbocycles. The normalized spacial score (nSPS) is 14.7. The largest absolute Gasteiger partial charge is 0.352 e. The number of nitrogens with zero attached hydrogens (tertiary/aromatic N) is 2. The van der Waals surface area contributed by atoms with Crippen molar-refractivity contribution >= 4 is 39.1 Å². The van der Waals surface area contributed by atoms with Crippen LogP contribution in [0.15, 0.2) is 71.6 Å². The molecule has 0 bridgehead atoms. The van der Waals surface area contributed by atoms with Gasteiger partial charge in [-0.05, 0) is 87.6 Å². The first-order valence-corrected chi connectivity index (χ1v) is 16.3. The number of hydrogen-bond acceptors (Lipinski definition) is 4. The van der Waals surface area contributed by atoms with Gasteiger partial charge in [0, 0.05) is 17.6 Å². The maximum atomic E-state index is 14.2. The second-order valence-electron chi connectivity index (χ2n) is 11.2. The van der Waals surface area contributed by atoms with Crippen LogP contribution in [0.5, 0.6) is 0 Å². The first-order valence-electron chi connectivity index (χ1n) is 14.5. The monoisotopic (exact) mass is 609 g/mol. The minimum absolute atomic E-state index is 0.0783. The van der Waals surface area contributed by atoms with E-state index in [0.29, 0.717) is 10.7 Å². The summed E-state index contributed by atoms with van der Waals surface area (Å²) in [5, 5.41) is 3.69. The van der Waals surface area contributed by atoms with Crippen LogP contribution in [0.2, 0.25) is 5.02 Å². The third kappa shape index (κ3) is 7.53. The number of nitrogens with one attached hydrogen (secondary N) is 1. The van der Waals surface area contributed by atoms with E-state index < -0.39 is 28.5 Å². The van der Waals surface area contributed by atoms with Crippen LogP contribution >= 0.6 is 11.6 Å². The zero-order valence-corrected chi connectivity index (χ0v) is 26.3. The molecule has 7 nitrogen and oxygen atoms in total. The summed E-state index contributed by atoms with van der Waals surface area (Å²) in [5.41, 5.74) is 3.80. The SMILES string of the molecule is Cc1ccc(S(=O)(=O)N(CC(=O)N(Cc2ccc(Cl)cc2)[C@@H](C)C(=O)NC2CCCCC2)c2cccc(C)c2C)cc1. The number of halogens is 1. The average molecular weight is 610 g/mol. The van der Waals surface area contributed by atoms with E-state index in [1.807, 2.05) is 26.8 Å². The van der Waals surface area contributed by atoms with Crippen LogP contribution in [0.4, 0.5) is 5.69 Å². The van der Waals surface area contributed by atoms with Gasteiger partial charge in [-0.25, -0.2) is 8.42 Å². The Bertz CT molecular complexity index is 1500. The van der Waals surface area contributed by atoms with Gasteiger partial charge in [-0.15, -0.1) is 0 Å². The van der Waals surface area contributed by atoms with Crippen LogP contribution in [-0.4, -0.2) is 43.8 Å². The Kier molecular flexibility index (Phi) is 10.3. The molecule has 0 saturated heterocycles. The summed E-state index contributed by atoms with van der Waals surface area (Å²) in [4.78, 5) is 29.2. The summed E-state index contributed by atoms with van der Waals surface area (Å²) in [6.45, 7) is 7.00. The molecular formula is C33H40ClN3O4S. The number of amides is 2. The third-order valence-corrected chi connectivity index (χ3v) is 10.1. The summed E-state index contributed by atoms with van der Waals surface area (Å²) < 4.78 is 29.3. The number of hydrogen-bond donors (Lipinski definition) is 1. The number of carbonyl (C=O) groups excluding carboxylic acids is 2. The van der Waals surface area contributed by atoms with Gasteiger partial charge in [0.15, 0.2) is 0 Å². The fourth-order valence-corrected chi connectivity index (χ4v) is 6.89. The van der Waals surface area contributed by atoms with E-state index >= 15 is 0 Å². The quantitative estimate of drug-likeness (QED) is 0.291. The molecule has 3 aromatic carbocycles. The Hall–Kier alpha value is -3.36. The molecule has 42 heavy (non-hydrogen) atoms. The van der Waals surface area contributed by atoms with Crippen molar-refractivity contribution < 1.29 is 18.0 Å². The van der Waals surface area contributed by atoms with Crippen molar-refractivity contribution in [1.29, 1.82) is 0 Å². The van der Waals surface area contributed by atoms with Crippen molar-refractivity contribution in [3.05, 3.63) is 94.0 Å². The Morgan fingerprint density at radius 2 is 1.57 bits per heavy atom. The highest BCUT2D eigenvalue weighted by molar-refractivity contribution is 7.92. The predicted octanol–water partition coefficient (Wildman–Crippen LogP) is 6.33. The van der Waals surface area contributed by atoms with Gasteiger partial charge in [-0.1, -0.05) is 72.8 Å². The summed E-state index contributed by atoms with van der Waals surface area (Å²) in [6.07, 6.45) is 5.12. The van der Waals surface area contributed by atoms with E-state index in [0.717, 1.165) is 54.4 Å². The van der Waals surface area contributed by atoms with Gasteiger partial charge in [0.1, 0.15) is 12.6 Å². The lowest BCUT2D eigenvalue weighted by Crippen LogP contribution is -2.53. The minimum atomic E-state index is -4.12. The Morgan fingerprint density at radius 1 is 0.929 bits per heavy atom. The average Bonchev–Trinajstić information content (AvgIpc) is 2.97. The molecule has 1 atom stereocenters. The Morgan fingerprint density at radius 3 is 2.21 bits per heavy atom. The number of benzene rings is 3. The number of aryl methyl sites for hydroxylation is 2. The molecule has 1 N–H and O–H groups in total. The standard InChI is InChI=1S/C33H40ClN3O4S/c1-23-13-19-30(20-14-23)42(40,41)37(31-12-8-9-24(2)25(31)3)22-32(38)36(21-27-15-17-28(34)18-16-27)26(4)33(39)35-29-10-6-5-7-11-29/h8-9,12-20,26,29H,5-7,10-11,21-22H2,1-4H3,(H,35,39)/t26-/m0/s1. The van der Waals surface area contributed by atoms with E-state index in [9.17, 15) is 18.0 Å². The zero-order valence-electron chi connectivity index (χ0n) is 24.8. The molecule has 1 fully saturated rings. The van der Waals surface area contributed by atoms with E-state index in [1.54, 1.807) is 67.6 Å². The molecule has 0 radical (unpaired) electrons. The first-order chi connectivity index (χ1) is 20.0. The summed E-state index contributed by atoms with van der Waals surface area (Å²) >= 11 is 6.10. The lowest BCUT2D eigenvalue weighted by molar-refractivity contribution is -0.139. The highest BCUT2D eigenvalue weighted by atomic mass is 35.5. The summed E-state index contributed by atoms with van der Waals surface area (Å²) in [6, 6.07) is 18.3. The van der Waals surface area contributed by atoms with Crippen LogP contribution in [0, 0.1) is 20.8 Å². The first kappa shape index (κ1) is 31.6. The van der Waals surface area contributed by atoms with Gasteiger partial charge in [-0.3, -0.25) is 13.9 Å². The molecule has 0 unspecified atom stereocenters. The van der Waals surface area contributed by atoms with Crippen LogP contribution in [0.1, 0.15) is 61.3 Å². The summed E-state index contributed by atoms with van der Waals surface area (Å²) in [7, 11) is -4.12. The topological polar surface area (TPSA) is 86.8 Å². The van der Waals surface area contributed by atoms with Crippen LogP contribution < -0.4 is 9.62 Å². The van der Waals surface area contributed by atoms with Gasteiger partial charge in [0.25, 0.3) is 10.0 Å². The maximum Gasteiger partial charge on any atom is 0.264 e. The second-order valence-corrected chi connectivity index (χ2v) is 13.5. The molecule has 2 amide bonds. The van der Waals surface area contributed by atoms with E-state index in [2.05, 4.69) is 5.32 Å². The van der Waals surface area contributed by atoms with Crippen molar-refractivity contribution in [2.24, 2.45) is 0 Å². The van der Waals surface area contributed by atoms with Gasteiger partial charge < -0.3 is 10.2 Å². The van der Waals surface area contributed by atoms with Gasteiger partial charge in [0.05, 0.1) is 10.6 Å². The van der Waals surface area contributed by atoms with Gasteiger partial charge in [-0.2, -0.15) is 0 Å². The minimum Gasteiger partial charge on any atom is -0.352 e.